The highest BCUT2D eigenvalue weighted by Crippen LogP contribution is 2.39. The van der Waals surface area contributed by atoms with E-state index >= 15 is 4.39 Å². The van der Waals surface area contributed by atoms with Crippen LogP contribution in [0.2, 0.25) is 0 Å². The number of carbonyl (C=O) groups excluding carboxylic acids is 3. The van der Waals surface area contributed by atoms with Crippen LogP contribution in [-0.4, -0.2) is 17.5 Å². The smallest absolute Gasteiger partial charge is 0.229 e. The summed E-state index contributed by atoms with van der Waals surface area (Å²) in [6, 6.07) is 5.08. The second-order valence-corrected chi connectivity index (χ2v) is 14.9. The van der Waals surface area contributed by atoms with Crippen LogP contribution in [0.1, 0.15) is 118 Å². The van der Waals surface area contributed by atoms with Gasteiger partial charge in [0, 0.05) is 32.8 Å². The van der Waals surface area contributed by atoms with Gasteiger partial charge < -0.3 is 5.32 Å². The Morgan fingerprint density at radius 1 is 1.09 bits per heavy atom. The van der Waals surface area contributed by atoms with Crippen LogP contribution in [0.5, 0.6) is 0 Å². The molecule has 242 valence electrons. The minimum absolute atomic E-state index is 0.00749. The third kappa shape index (κ3) is 9.09. The summed E-state index contributed by atoms with van der Waals surface area (Å²) in [4.78, 5) is 41.8. The van der Waals surface area contributed by atoms with Crippen molar-refractivity contribution in [1.82, 2.24) is 0 Å². The van der Waals surface area contributed by atoms with Crippen molar-refractivity contribution in [2.45, 2.75) is 106 Å². The maximum Gasteiger partial charge on any atom is 0.229 e. The molecule has 1 aliphatic carbocycles. The van der Waals surface area contributed by atoms with Gasteiger partial charge in [0.2, 0.25) is 5.91 Å². The van der Waals surface area contributed by atoms with Crippen LogP contribution < -0.4 is 5.32 Å². The number of ketones is 2. The number of anilines is 1. The van der Waals surface area contributed by atoms with Gasteiger partial charge in [-0.1, -0.05) is 97.8 Å². The van der Waals surface area contributed by atoms with Gasteiger partial charge in [0.1, 0.15) is 5.82 Å². The molecule has 1 unspecified atom stereocenters. The maximum absolute atomic E-state index is 15.1. The lowest BCUT2D eigenvalue weighted by Gasteiger charge is -2.32. The molecule has 0 radical (unpaired) electrons. The van der Waals surface area contributed by atoms with E-state index in [0.717, 1.165) is 48.1 Å². The standard InChI is InChI=1S/C39H50FNO3S/c1-10-13-17-28(39(8,9)35(43)12-3)20-33(42)31-23-36(38(5,6)7)45-34(31)24-37(44)41-29-21-30(25(4)32(40)22-29)27-16-14-15-26(11-2)18-19-27/h12,14,16,18-19,21-23,28H,3,10-11,13,15,17,20,24H2,1-2,4-9H3,(H,41,44). The van der Waals surface area contributed by atoms with Crippen molar-refractivity contribution in [3.63, 3.8) is 0 Å². The van der Waals surface area contributed by atoms with E-state index in [4.69, 9.17) is 0 Å². The zero-order valence-corrected chi connectivity index (χ0v) is 29.2. The monoisotopic (exact) mass is 631 g/mol. The molecule has 2 aromatic rings. The number of unbranched alkanes of at least 4 members (excludes halogenated alkanes) is 1. The quantitative estimate of drug-likeness (QED) is 0.167. The molecule has 1 N–H and O–H groups in total. The molecule has 0 fully saturated rings. The number of halogens is 1. The van der Waals surface area contributed by atoms with Crippen LogP contribution in [-0.2, 0) is 21.4 Å². The third-order valence-corrected chi connectivity index (χ3v) is 10.5. The predicted octanol–water partition coefficient (Wildman–Crippen LogP) is 10.5. The van der Waals surface area contributed by atoms with Gasteiger partial charge in [0.25, 0.3) is 0 Å². The third-order valence-electron chi connectivity index (χ3n) is 8.92. The fourth-order valence-electron chi connectivity index (χ4n) is 5.64. The van der Waals surface area contributed by atoms with Gasteiger partial charge in [0.05, 0.1) is 6.42 Å². The average molecular weight is 632 g/mol. The van der Waals surface area contributed by atoms with E-state index in [-0.39, 0.29) is 41.6 Å². The van der Waals surface area contributed by atoms with Crippen LogP contribution in [0.15, 0.2) is 60.7 Å². The molecule has 0 aliphatic heterocycles. The summed E-state index contributed by atoms with van der Waals surface area (Å²) >= 11 is 1.47. The Morgan fingerprint density at radius 3 is 2.42 bits per heavy atom. The number of hydrogen-bond acceptors (Lipinski definition) is 4. The average Bonchev–Trinajstić information content (AvgIpc) is 3.26. The summed E-state index contributed by atoms with van der Waals surface area (Å²) in [6.45, 7) is 19.7. The molecule has 0 spiro atoms. The topological polar surface area (TPSA) is 63.2 Å². The number of rotatable bonds is 14. The van der Waals surface area contributed by atoms with Crippen molar-refractivity contribution in [3.8, 4) is 0 Å². The molecule has 0 saturated carbocycles. The van der Waals surface area contributed by atoms with Gasteiger partial charge in [-0.2, -0.15) is 0 Å². The van der Waals surface area contributed by atoms with Crippen molar-refractivity contribution in [1.29, 1.82) is 0 Å². The minimum Gasteiger partial charge on any atom is -0.326 e. The van der Waals surface area contributed by atoms with Crippen LogP contribution in [0, 0.1) is 24.1 Å². The molecule has 1 heterocycles. The number of thiophene rings is 1. The molecule has 45 heavy (non-hydrogen) atoms. The SMILES string of the molecule is C=CC(=O)C(C)(C)C(CCCC)CC(=O)c1cc(C(C)(C)C)sc1CC(=O)Nc1cc(F)c(C)c(C2=CC=C(CC)CC=C2)c1. The molecular formula is C39H50FNO3S. The summed E-state index contributed by atoms with van der Waals surface area (Å²) in [5.41, 5.74) is 3.41. The number of Topliss-reactive ketones (excluding diaryl/α,β-unsaturated/α-hetero) is 1. The Hall–Kier alpha value is -3.38. The Balaban J connectivity index is 1.91. The van der Waals surface area contributed by atoms with Crippen LogP contribution >= 0.6 is 11.3 Å². The fraction of sp³-hybridized carbons (Fsp3) is 0.462. The molecule has 6 heteroatoms. The summed E-state index contributed by atoms with van der Waals surface area (Å²) in [6.07, 6.45) is 14.2. The Labute approximate surface area is 273 Å². The van der Waals surface area contributed by atoms with E-state index in [1.807, 2.05) is 38.1 Å². The largest absolute Gasteiger partial charge is 0.326 e. The number of carbonyl (C=O) groups is 3. The molecule has 4 nitrogen and oxygen atoms in total. The Kier molecular flexibility index (Phi) is 12.2. The summed E-state index contributed by atoms with van der Waals surface area (Å²) < 4.78 is 15.1. The zero-order chi connectivity index (χ0) is 33.5. The number of amides is 1. The van der Waals surface area contributed by atoms with E-state index < -0.39 is 11.2 Å². The van der Waals surface area contributed by atoms with Gasteiger partial charge in [-0.3, -0.25) is 14.4 Å². The fourth-order valence-corrected chi connectivity index (χ4v) is 6.88. The molecule has 0 saturated heterocycles. The molecule has 1 aromatic carbocycles. The number of allylic oxidation sites excluding steroid dienone is 7. The zero-order valence-electron chi connectivity index (χ0n) is 28.4. The van der Waals surface area contributed by atoms with E-state index in [0.29, 0.717) is 21.7 Å². The van der Waals surface area contributed by atoms with Gasteiger partial charge in [0.15, 0.2) is 11.6 Å². The number of nitrogens with one attached hydrogen (secondary N) is 1. The van der Waals surface area contributed by atoms with Crippen molar-refractivity contribution in [3.05, 3.63) is 93.0 Å². The van der Waals surface area contributed by atoms with Gasteiger partial charge >= 0.3 is 0 Å². The second kappa shape index (κ2) is 15.3. The van der Waals surface area contributed by atoms with Crippen LogP contribution in [0.4, 0.5) is 10.1 Å². The number of benzene rings is 1. The second-order valence-electron chi connectivity index (χ2n) is 13.7. The van der Waals surface area contributed by atoms with Crippen molar-refractivity contribution < 1.29 is 18.8 Å². The predicted molar refractivity (Wildman–Crippen MR) is 188 cm³/mol. The summed E-state index contributed by atoms with van der Waals surface area (Å²) in [7, 11) is 0. The molecule has 3 rings (SSSR count). The lowest BCUT2D eigenvalue weighted by atomic mass is 9.70. The first-order chi connectivity index (χ1) is 21.1. The first-order valence-corrected chi connectivity index (χ1v) is 16.9. The van der Waals surface area contributed by atoms with Crippen molar-refractivity contribution >= 4 is 40.1 Å². The highest BCUT2D eigenvalue weighted by molar-refractivity contribution is 7.12. The van der Waals surface area contributed by atoms with Crippen LogP contribution in [0.3, 0.4) is 0 Å². The molecule has 1 atom stereocenters. The highest BCUT2D eigenvalue weighted by atomic mass is 32.1. The Bertz CT molecular complexity index is 1530. The van der Waals surface area contributed by atoms with Crippen molar-refractivity contribution in [2.75, 3.05) is 5.32 Å². The van der Waals surface area contributed by atoms with E-state index in [1.54, 1.807) is 6.92 Å². The van der Waals surface area contributed by atoms with E-state index in [1.165, 1.54) is 29.1 Å². The lowest BCUT2D eigenvalue weighted by Crippen LogP contribution is -2.33. The molecule has 1 aromatic heterocycles. The van der Waals surface area contributed by atoms with Gasteiger partial charge in [-0.15, -0.1) is 11.3 Å². The van der Waals surface area contributed by atoms with Crippen molar-refractivity contribution in [2.24, 2.45) is 11.3 Å². The normalized spacial score (nSPS) is 14.3. The Morgan fingerprint density at radius 2 is 1.80 bits per heavy atom. The van der Waals surface area contributed by atoms with E-state index in [9.17, 15) is 14.4 Å². The summed E-state index contributed by atoms with van der Waals surface area (Å²) in [5.74, 6) is -0.995. The first-order valence-electron chi connectivity index (χ1n) is 16.1. The molecular weight excluding hydrogens is 581 g/mol. The molecule has 1 amide bonds. The lowest BCUT2D eigenvalue weighted by molar-refractivity contribution is -0.125. The molecule has 1 aliphatic rings. The molecule has 0 bridgehead atoms. The highest BCUT2D eigenvalue weighted by Gasteiger charge is 2.37. The van der Waals surface area contributed by atoms with E-state index in [2.05, 4.69) is 58.7 Å². The summed E-state index contributed by atoms with van der Waals surface area (Å²) in [5, 5.41) is 2.90. The van der Waals surface area contributed by atoms with Crippen LogP contribution in [0.25, 0.3) is 5.57 Å². The minimum atomic E-state index is -0.726. The van der Waals surface area contributed by atoms with Gasteiger partial charge in [-0.05, 0) is 78.5 Å². The maximum atomic E-state index is 15.1. The number of hydrogen-bond donors (Lipinski definition) is 1. The first kappa shape index (κ1) is 36.1. The van der Waals surface area contributed by atoms with Gasteiger partial charge in [-0.25, -0.2) is 4.39 Å².